The molecule has 1 aliphatic carbocycles. The number of thiophene rings is 1. The first-order valence-corrected chi connectivity index (χ1v) is 8.58. The predicted molar refractivity (Wildman–Crippen MR) is 90.4 cm³/mol. The van der Waals surface area contributed by atoms with E-state index >= 15 is 0 Å². The molecule has 1 aromatic carbocycles. The number of hydrogen-bond donors (Lipinski definition) is 0. The van der Waals surface area contributed by atoms with Crippen molar-refractivity contribution in [2.75, 3.05) is 11.9 Å². The molecule has 0 unspecified atom stereocenters. The van der Waals surface area contributed by atoms with Crippen LogP contribution in [0.15, 0.2) is 34.1 Å². The molecule has 0 atom stereocenters. The van der Waals surface area contributed by atoms with Crippen LogP contribution in [0, 0.1) is 0 Å². The number of anilines is 1. The van der Waals surface area contributed by atoms with E-state index in [2.05, 4.69) is 15.9 Å². The summed E-state index contributed by atoms with van der Waals surface area (Å²) in [6.07, 6.45) is 1.69. The maximum atomic E-state index is 11.9. The SMILES string of the molecule is CN(C(=O)OC1CC1)c1ccc(-c2cc(Br)cs2)c(Cl)c1. The van der Waals surface area contributed by atoms with Crippen LogP contribution in [0.3, 0.4) is 0 Å². The Morgan fingerprint density at radius 2 is 2.19 bits per heavy atom. The molecule has 1 aliphatic rings. The van der Waals surface area contributed by atoms with Crippen LogP contribution in [0.25, 0.3) is 10.4 Å². The molecule has 0 radical (unpaired) electrons. The van der Waals surface area contributed by atoms with Gasteiger partial charge in [-0.25, -0.2) is 4.79 Å². The third-order valence-electron chi connectivity index (χ3n) is 3.24. The molecule has 0 N–H and O–H groups in total. The average Bonchev–Trinajstić information content (AvgIpc) is 3.17. The van der Waals surface area contributed by atoms with E-state index < -0.39 is 0 Å². The van der Waals surface area contributed by atoms with Gasteiger partial charge in [-0.1, -0.05) is 11.6 Å². The van der Waals surface area contributed by atoms with Crippen molar-refractivity contribution in [1.82, 2.24) is 0 Å². The van der Waals surface area contributed by atoms with Crippen molar-refractivity contribution in [1.29, 1.82) is 0 Å². The molecule has 21 heavy (non-hydrogen) atoms. The molecule has 3 nitrogen and oxygen atoms in total. The van der Waals surface area contributed by atoms with E-state index in [1.807, 2.05) is 23.6 Å². The van der Waals surface area contributed by atoms with Gasteiger partial charge in [0.25, 0.3) is 0 Å². The first-order valence-electron chi connectivity index (χ1n) is 6.53. The van der Waals surface area contributed by atoms with E-state index in [4.69, 9.17) is 16.3 Å². The van der Waals surface area contributed by atoms with Gasteiger partial charge in [0, 0.05) is 33.0 Å². The molecule has 0 spiro atoms. The summed E-state index contributed by atoms with van der Waals surface area (Å²) in [6.45, 7) is 0. The Morgan fingerprint density at radius 3 is 2.76 bits per heavy atom. The Hall–Kier alpha value is -1.04. The predicted octanol–water partition coefficient (Wildman–Crippen LogP) is 5.57. The molecule has 3 rings (SSSR count). The zero-order valence-electron chi connectivity index (χ0n) is 11.3. The van der Waals surface area contributed by atoms with Crippen molar-refractivity contribution >= 4 is 50.6 Å². The zero-order chi connectivity index (χ0) is 15.0. The molecule has 1 aromatic heterocycles. The summed E-state index contributed by atoms with van der Waals surface area (Å²) in [6, 6.07) is 7.62. The fourth-order valence-corrected chi connectivity index (χ4v) is 3.68. The van der Waals surface area contributed by atoms with Crippen LogP contribution in [0.1, 0.15) is 12.8 Å². The molecule has 6 heteroatoms. The third-order valence-corrected chi connectivity index (χ3v) is 5.28. The number of hydrogen-bond acceptors (Lipinski definition) is 3. The fraction of sp³-hybridized carbons (Fsp3) is 0.267. The van der Waals surface area contributed by atoms with Gasteiger partial charge in [-0.2, -0.15) is 0 Å². The molecular weight excluding hydrogens is 374 g/mol. The van der Waals surface area contributed by atoms with Crippen molar-refractivity contribution in [3.63, 3.8) is 0 Å². The minimum atomic E-state index is -0.333. The molecule has 2 aromatic rings. The Labute approximate surface area is 140 Å². The largest absolute Gasteiger partial charge is 0.446 e. The van der Waals surface area contributed by atoms with E-state index in [9.17, 15) is 4.79 Å². The highest BCUT2D eigenvalue weighted by molar-refractivity contribution is 9.10. The number of halogens is 2. The van der Waals surface area contributed by atoms with Gasteiger partial charge in [-0.3, -0.25) is 4.90 Å². The topological polar surface area (TPSA) is 29.5 Å². The standard InChI is InChI=1S/C15H13BrClNO2S/c1-18(15(19)20-11-3-4-11)10-2-5-12(13(17)7-10)14-6-9(16)8-21-14/h2,5-8,11H,3-4H2,1H3. The molecule has 1 amide bonds. The van der Waals surface area contributed by atoms with Crippen LogP contribution < -0.4 is 4.90 Å². The normalized spacial score (nSPS) is 14.0. The lowest BCUT2D eigenvalue weighted by molar-refractivity contribution is 0.148. The summed E-state index contributed by atoms with van der Waals surface area (Å²) in [4.78, 5) is 14.5. The number of amides is 1. The molecule has 0 saturated heterocycles. The Bertz CT molecular complexity index is 684. The molecule has 0 bridgehead atoms. The molecule has 1 heterocycles. The Kier molecular flexibility index (Phi) is 4.24. The Balaban J connectivity index is 1.81. The fourth-order valence-electron chi connectivity index (χ4n) is 1.88. The maximum Gasteiger partial charge on any atom is 0.414 e. The van der Waals surface area contributed by atoms with Crippen LogP contribution >= 0.6 is 38.9 Å². The van der Waals surface area contributed by atoms with Gasteiger partial charge in [-0.15, -0.1) is 11.3 Å². The molecule has 110 valence electrons. The van der Waals surface area contributed by atoms with Gasteiger partial charge in [-0.05, 0) is 53.0 Å². The first-order chi connectivity index (χ1) is 10.0. The van der Waals surface area contributed by atoms with Crippen LogP contribution in [0.5, 0.6) is 0 Å². The van der Waals surface area contributed by atoms with Gasteiger partial charge < -0.3 is 4.74 Å². The monoisotopic (exact) mass is 385 g/mol. The molecular formula is C15H13BrClNO2S. The second kappa shape index (κ2) is 5.99. The minimum absolute atomic E-state index is 0.0955. The second-order valence-electron chi connectivity index (χ2n) is 4.94. The first kappa shape index (κ1) is 14.9. The van der Waals surface area contributed by atoms with Gasteiger partial charge in [0.1, 0.15) is 6.10 Å². The molecule has 0 aliphatic heterocycles. The highest BCUT2D eigenvalue weighted by atomic mass is 79.9. The molecule has 1 fully saturated rings. The van der Waals surface area contributed by atoms with Crippen LogP contribution in [0.4, 0.5) is 10.5 Å². The summed E-state index contributed by atoms with van der Waals surface area (Å²) < 4.78 is 6.31. The summed E-state index contributed by atoms with van der Waals surface area (Å²) in [5.74, 6) is 0. The van der Waals surface area contributed by atoms with Crippen LogP contribution in [0.2, 0.25) is 5.02 Å². The van der Waals surface area contributed by atoms with E-state index in [1.54, 1.807) is 24.5 Å². The van der Waals surface area contributed by atoms with E-state index in [-0.39, 0.29) is 12.2 Å². The maximum absolute atomic E-state index is 11.9. The van der Waals surface area contributed by atoms with Gasteiger partial charge >= 0.3 is 6.09 Å². The lowest BCUT2D eigenvalue weighted by Crippen LogP contribution is -2.27. The summed E-state index contributed by atoms with van der Waals surface area (Å²) >= 11 is 11.4. The quantitative estimate of drug-likeness (QED) is 0.690. The van der Waals surface area contributed by atoms with Crippen molar-refractivity contribution in [3.05, 3.63) is 39.1 Å². The van der Waals surface area contributed by atoms with E-state index in [0.717, 1.165) is 33.4 Å². The lowest BCUT2D eigenvalue weighted by Gasteiger charge is -2.17. The Morgan fingerprint density at radius 1 is 1.43 bits per heavy atom. The smallest absolute Gasteiger partial charge is 0.414 e. The highest BCUT2D eigenvalue weighted by Crippen LogP contribution is 2.36. The summed E-state index contributed by atoms with van der Waals surface area (Å²) in [5, 5.41) is 2.63. The van der Waals surface area contributed by atoms with Crippen molar-refractivity contribution in [3.8, 4) is 10.4 Å². The van der Waals surface area contributed by atoms with Crippen molar-refractivity contribution in [2.24, 2.45) is 0 Å². The second-order valence-corrected chi connectivity index (χ2v) is 7.17. The number of carbonyl (C=O) groups is 1. The summed E-state index contributed by atoms with van der Waals surface area (Å²) in [7, 11) is 1.69. The van der Waals surface area contributed by atoms with Crippen LogP contribution in [-0.4, -0.2) is 19.2 Å². The number of carbonyl (C=O) groups excluding carboxylic acids is 1. The summed E-state index contributed by atoms with van der Waals surface area (Å²) in [5.41, 5.74) is 1.69. The van der Waals surface area contributed by atoms with Gasteiger partial charge in [0.15, 0.2) is 0 Å². The zero-order valence-corrected chi connectivity index (χ0v) is 14.5. The average molecular weight is 387 g/mol. The molecule has 1 saturated carbocycles. The number of benzene rings is 1. The van der Waals surface area contributed by atoms with Crippen LogP contribution in [-0.2, 0) is 4.74 Å². The van der Waals surface area contributed by atoms with Gasteiger partial charge in [0.05, 0.1) is 5.02 Å². The van der Waals surface area contributed by atoms with Crippen molar-refractivity contribution < 1.29 is 9.53 Å². The van der Waals surface area contributed by atoms with E-state index in [0.29, 0.717) is 5.02 Å². The number of ether oxygens (including phenoxy) is 1. The van der Waals surface area contributed by atoms with E-state index in [1.165, 1.54) is 4.90 Å². The number of nitrogens with zero attached hydrogens (tertiary/aromatic N) is 1. The number of rotatable bonds is 3. The van der Waals surface area contributed by atoms with Gasteiger partial charge in [0.2, 0.25) is 0 Å². The van der Waals surface area contributed by atoms with Crippen molar-refractivity contribution in [2.45, 2.75) is 18.9 Å². The lowest BCUT2D eigenvalue weighted by atomic mass is 10.1. The highest BCUT2D eigenvalue weighted by Gasteiger charge is 2.28. The third kappa shape index (κ3) is 3.42. The minimum Gasteiger partial charge on any atom is -0.446 e.